The standard InChI is InChI=1S/C24H28BN/c1-15-11-17(3)23(18(4)12-15)25(21-7-9-22(26)10-8-21)24-19(5)13-16(2)14-20(24)6/h7-14H,26H2,1-6H3. The van der Waals surface area contributed by atoms with Crippen molar-refractivity contribution in [2.75, 3.05) is 5.73 Å². The molecule has 0 aliphatic rings. The van der Waals surface area contributed by atoms with E-state index in [4.69, 9.17) is 5.73 Å². The van der Waals surface area contributed by atoms with Crippen molar-refractivity contribution in [1.82, 2.24) is 0 Å². The zero-order valence-electron chi connectivity index (χ0n) is 16.8. The molecular formula is C24H28BN. The zero-order valence-corrected chi connectivity index (χ0v) is 16.8. The average molecular weight is 341 g/mol. The molecule has 0 fully saturated rings. The molecule has 0 heterocycles. The Hall–Kier alpha value is -2.48. The lowest BCUT2D eigenvalue weighted by Crippen LogP contribution is -2.55. The topological polar surface area (TPSA) is 26.0 Å². The van der Waals surface area contributed by atoms with E-state index < -0.39 is 0 Å². The van der Waals surface area contributed by atoms with E-state index in [1.54, 1.807) is 0 Å². The third-order valence-corrected chi connectivity index (χ3v) is 5.32. The minimum atomic E-state index is 0.219. The Balaban J connectivity index is 2.34. The lowest BCUT2D eigenvalue weighted by atomic mass is 9.34. The van der Waals surface area contributed by atoms with Gasteiger partial charge in [0.1, 0.15) is 0 Å². The number of hydrogen-bond donors (Lipinski definition) is 1. The molecule has 1 nitrogen and oxygen atoms in total. The summed E-state index contributed by atoms with van der Waals surface area (Å²) >= 11 is 0. The summed E-state index contributed by atoms with van der Waals surface area (Å²) in [6.45, 7) is 13.5. The van der Waals surface area contributed by atoms with Gasteiger partial charge in [0.25, 0.3) is 0 Å². The van der Waals surface area contributed by atoms with Crippen molar-refractivity contribution in [3.8, 4) is 0 Å². The van der Waals surface area contributed by atoms with E-state index in [2.05, 4.69) is 77.9 Å². The fourth-order valence-electron chi connectivity index (χ4n) is 4.46. The van der Waals surface area contributed by atoms with Crippen molar-refractivity contribution in [3.05, 3.63) is 81.9 Å². The Bertz CT molecular complexity index is 851. The molecule has 0 radical (unpaired) electrons. The maximum Gasteiger partial charge on any atom is 0.242 e. The first-order chi connectivity index (χ1) is 12.3. The summed E-state index contributed by atoms with van der Waals surface area (Å²) in [5.74, 6) is 0. The van der Waals surface area contributed by atoms with Crippen LogP contribution in [0.1, 0.15) is 33.4 Å². The molecule has 0 amide bonds. The van der Waals surface area contributed by atoms with Gasteiger partial charge in [-0.2, -0.15) is 0 Å². The molecule has 0 spiro atoms. The lowest BCUT2D eigenvalue weighted by Gasteiger charge is -2.24. The first kappa shape index (κ1) is 18.3. The molecule has 3 aromatic rings. The molecule has 0 saturated heterocycles. The Morgan fingerprint density at radius 3 is 1.27 bits per heavy atom. The summed E-state index contributed by atoms with van der Waals surface area (Å²) in [4.78, 5) is 0. The molecular weight excluding hydrogens is 313 g/mol. The van der Waals surface area contributed by atoms with Crippen LogP contribution in [0.3, 0.4) is 0 Å². The summed E-state index contributed by atoms with van der Waals surface area (Å²) in [5.41, 5.74) is 18.9. The maximum atomic E-state index is 5.96. The van der Waals surface area contributed by atoms with Crippen molar-refractivity contribution in [3.63, 3.8) is 0 Å². The van der Waals surface area contributed by atoms with Crippen LogP contribution in [-0.2, 0) is 0 Å². The first-order valence-corrected chi connectivity index (χ1v) is 9.29. The maximum absolute atomic E-state index is 5.96. The second kappa shape index (κ2) is 7.03. The number of anilines is 1. The summed E-state index contributed by atoms with van der Waals surface area (Å²) < 4.78 is 0. The van der Waals surface area contributed by atoms with Crippen molar-refractivity contribution >= 4 is 28.8 Å². The van der Waals surface area contributed by atoms with E-state index in [-0.39, 0.29) is 6.71 Å². The van der Waals surface area contributed by atoms with Crippen LogP contribution in [0, 0.1) is 41.5 Å². The van der Waals surface area contributed by atoms with Crippen molar-refractivity contribution in [2.24, 2.45) is 0 Å². The molecule has 0 unspecified atom stereocenters. The van der Waals surface area contributed by atoms with Gasteiger partial charge in [-0.15, -0.1) is 0 Å². The highest BCUT2D eigenvalue weighted by atomic mass is 14.5. The highest BCUT2D eigenvalue weighted by molar-refractivity contribution is 6.96. The van der Waals surface area contributed by atoms with Gasteiger partial charge >= 0.3 is 0 Å². The molecule has 2 N–H and O–H groups in total. The van der Waals surface area contributed by atoms with Gasteiger partial charge in [0.15, 0.2) is 0 Å². The summed E-state index contributed by atoms with van der Waals surface area (Å²) in [7, 11) is 0. The van der Waals surface area contributed by atoms with Crippen LogP contribution in [0.2, 0.25) is 0 Å². The molecule has 3 rings (SSSR count). The molecule has 26 heavy (non-hydrogen) atoms. The van der Waals surface area contributed by atoms with Crippen molar-refractivity contribution in [1.29, 1.82) is 0 Å². The number of rotatable bonds is 3. The first-order valence-electron chi connectivity index (χ1n) is 9.29. The van der Waals surface area contributed by atoms with Gasteiger partial charge in [0, 0.05) is 5.69 Å². The number of benzene rings is 3. The number of hydrogen-bond acceptors (Lipinski definition) is 1. The van der Waals surface area contributed by atoms with E-state index in [1.165, 1.54) is 49.8 Å². The number of aryl methyl sites for hydroxylation is 6. The van der Waals surface area contributed by atoms with Gasteiger partial charge in [0.2, 0.25) is 6.71 Å². The van der Waals surface area contributed by atoms with Crippen LogP contribution in [0.5, 0.6) is 0 Å². The highest BCUT2D eigenvalue weighted by Crippen LogP contribution is 2.13. The van der Waals surface area contributed by atoms with Crippen LogP contribution in [-0.4, -0.2) is 6.71 Å². The van der Waals surface area contributed by atoms with Gasteiger partial charge in [-0.1, -0.05) is 86.2 Å². The number of nitrogens with two attached hydrogens (primary N) is 1. The molecule has 2 heteroatoms. The molecule has 0 aromatic heterocycles. The third-order valence-electron chi connectivity index (χ3n) is 5.32. The summed E-state index contributed by atoms with van der Waals surface area (Å²) in [6.07, 6.45) is 0. The molecule has 3 aromatic carbocycles. The zero-order chi connectivity index (χ0) is 19.0. The molecule has 132 valence electrons. The molecule has 0 aliphatic heterocycles. The predicted octanol–water partition coefficient (Wildman–Crippen LogP) is 3.64. The molecule has 0 bridgehead atoms. The highest BCUT2D eigenvalue weighted by Gasteiger charge is 2.28. The quantitative estimate of drug-likeness (QED) is 0.571. The molecule has 0 atom stereocenters. The Morgan fingerprint density at radius 1 is 0.577 bits per heavy atom. The van der Waals surface area contributed by atoms with E-state index >= 15 is 0 Å². The number of nitrogen functional groups attached to an aromatic ring is 1. The fourth-order valence-corrected chi connectivity index (χ4v) is 4.46. The van der Waals surface area contributed by atoms with E-state index in [9.17, 15) is 0 Å². The van der Waals surface area contributed by atoms with E-state index in [0.29, 0.717) is 0 Å². The van der Waals surface area contributed by atoms with E-state index in [1.807, 2.05) is 12.1 Å². The van der Waals surface area contributed by atoms with Crippen LogP contribution < -0.4 is 22.1 Å². The Morgan fingerprint density at radius 2 is 0.923 bits per heavy atom. The summed E-state index contributed by atoms with van der Waals surface area (Å²) in [5, 5.41) is 0. The lowest BCUT2D eigenvalue weighted by molar-refractivity contribution is 1.34. The molecule has 0 aliphatic carbocycles. The van der Waals surface area contributed by atoms with Crippen molar-refractivity contribution < 1.29 is 0 Å². The minimum absolute atomic E-state index is 0.219. The monoisotopic (exact) mass is 341 g/mol. The smallest absolute Gasteiger partial charge is 0.242 e. The average Bonchev–Trinajstić information content (AvgIpc) is 2.52. The molecule has 0 saturated carbocycles. The summed E-state index contributed by atoms with van der Waals surface area (Å²) in [6, 6.07) is 17.6. The van der Waals surface area contributed by atoms with E-state index in [0.717, 1.165) is 5.69 Å². The second-order valence-electron chi connectivity index (χ2n) is 7.72. The van der Waals surface area contributed by atoms with Gasteiger partial charge in [-0.05, 0) is 53.7 Å². The van der Waals surface area contributed by atoms with Gasteiger partial charge in [0.05, 0.1) is 0 Å². The second-order valence-corrected chi connectivity index (χ2v) is 7.72. The Labute approximate surface area is 158 Å². The minimum Gasteiger partial charge on any atom is -0.399 e. The fraction of sp³-hybridized carbons (Fsp3) is 0.250. The van der Waals surface area contributed by atoms with Crippen LogP contribution in [0.25, 0.3) is 0 Å². The van der Waals surface area contributed by atoms with Gasteiger partial charge < -0.3 is 5.73 Å². The third kappa shape index (κ3) is 3.42. The predicted molar refractivity (Wildman–Crippen MR) is 117 cm³/mol. The largest absolute Gasteiger partial charge is 0.399 e. The van der Waals surface area contributed by atoms with Crippen LogP contribution in [0.15, 0.2) is 48.5 Å². The van der Waals surface area contributed by atoms with Gasteiger partial charge in [-0.3, -0.25) is 0 Å². The normalized spacial score (nSPS) is 10.8. The van der Waals surface area contributed by atoms with Gasteiger partial charge in [-0.25, -0.2) is 0 Å². The van der Waals surface area contributed by atoms with Crippen molar-refractivity contribution in [2.45, 2.75) is 41.5 Å². The Kier molecular flexibility index (Phi) is 4.95. The van der Waals surface area contributed by atoms with Crippen LogP contribution in [0.4, 0.5) is 5.69 Å². The SMILES string of the molecule is Cc1cc(C)c(B(c2ccc(N)cc2)c2c(C)cc(C)cc2C)c(C)c1. The van der Waals surface area contributed by atoms with Crippen LogP contribution >= 0.6 is 0 Å².